The minimum absolute atomic E-state index is 0.273. The summed E-state index contributed by atoms with van der Waals surface area (Å²) in [4.78, 5) is 0.273. The van der Waals surface area contributed by atoms with Crippen LogP contribution in [0.15, 0.2) is 36.4 Å². The van der Waals surface area contributed by atoms with Gasteiger partial charge in [-0.05, 0) is 42.8 Å². The fourth-order valence-electron chi connectivity index (χ4n) is 1.65. The molecule has 0 saturated carbocycles. The molecule has 0 aromatic heterocycles. The molecule has 2 nitrogen and oxygen atoms in total. The van der Waals surface area contributed by atoms with E-state index in [9.17, 15) is 4.39 Å². The first-order chi connectivity index (χ1) is 8.97. The van der Waals surface area contributed by atoms with Gasteiger partial charge in [0.1, 0.15) is 10.8 Å². The van der Waals surface area contributed by atoms with E-state index in [-0.39, 0.29) is 10.8 Å². The largest absolute Gasteiger partial charge is 0.389 e. The molecule has 0 atom stereocenters. The van der Waals surface area contributed by atoms with Gasteiger partial charge in [0.2, 0.25) is 0 Å². The Bertz CT molecular complexity index is 643. The summed E-state index contributed by atoms with van der Waals surface area (Å²) in [7, 11) is 0. The molecule has 0 bridgehead atoms. The average Bonchev–Trinajstić information content (AvgIpc) is 2.36. The first kappa shape index (κ1) is 13.8. The Morgan fingerprint density at radius 2 is 1.95 bits per heavy atom. The van der Waals surface area contributed by atoms with E-state index in [0.29, 0.717) is 22.0 Å². The molecule has 3 N–H and O–H groups in total. The van der Waals surface area contributed by atoms with Crippen molar-refractivity contribution in [2.45, 2.75) is 6.92 Å². The van der Waals surface area contributed by atoms with Crippen molar-refractivity contribution in [1.29, 1.82) is 0 Å². The molecule has 0 amide bonds. The van der Waals surface area contributed by atoms with Crippen molar-refractivity contribution in [1.82, 2.24) is 0 Å². The summed E-state index contributed by atoms with van der Waals surface area (Å²) in [5.74, 6) is -0.333. The minimum atomic E-state index is -0.333. The monoisotopic (exact) mass is 294 g/mol. The predicted molar refractivity (Wildman–Crippen MR) is 81.8 cm³/mol. The van der Waals surface area contributed by atoms with Crippen LogP contribution in [0.5, 0.6) is 0 Å². The third kappa shape index (κ3) is 3.22. The lowest BCUT2D eigenvalue weighted by Crippen LogP contribution is -2.09. The highest BCUT2D eigenvalue weighted by Crippen LogP contribution is 2.28. The van der Waals surface area contributed by atoms with Crippen molar-refractivity contribution >= 4 is 40.2 Å². The van der Waals surface area contributed by atoms with E-state index in [1.54, 1.807) is 30.3 Å². The molecule has 0 fully saturated rings. The molecule has 5 heteroatoms. The van der Waals surface area contributed by atoms with Gasteiger partial charge in [0.25, 0.3) is 0 Å². The minimum Gasteiger partial charge on any atom is -0.389 e. The lowest BCUT2D eigenvalue weighted by Gasteiger charge is -2.11. The van der Waals surface area contributed by atoms with Gasteiger partial charge < -0.3 is 11.1 Å². The zero-order valence-corrected chi connectivity index (χ0v) is 11.8. The number of thiocarbonyl (C=S) groups is 1. The third-order valence-electron chi connectivity index (χ3n) is 2.64. The summed E-state index contributed by atoms with van der Waals surface area (Å²) in [6.07, 6.45) is 0. The molecular formula is C14H12ClFN2S. The van der Waals surface area contributed by atoms with Crippen LogP contribution in [0, 0.1) is 12.7 Å². The van der Waals surface area contributed by atoms with Gasteiger partial charge in [-0.25, -0.2) is 4.39 Å². The van der Waals surface area contributed by atoms with Crippen LogP contribution in [0.1, 0.15) is 11.1 Å². The fraction of sp³-hybridized carbons (Fsp3) is 0.0714. The lowest BCUT2D eigenvalue weighted by molar-refractivity contribution is 0.631. The van der Waals surface area contributed by atoms with Crippen molar-refractivity contribution < 1.29 is 4.39 Å². The van der Waals surface area contributed by atoms with Crippen LogP contribution in [-0.2, 0) is 0 Å². The number of anilines is 2. The van der Waals surface area contributed by atoms with E-state index in [1.807, 2.05) is 6.92 Å². The van der Waals surface area contributed by atoms with E-state index in [4.69, 9.17) is 29.6 Å². The summed E-state index contributed by atoms with van der Waals surface area (Å²) in [6.45, 7) is 1.89. The first-order valence-electron chi connectivity index (χ1n) is 5.60. The third-order valence-corrected chi connectivity index (χ3v) is 3.19. The highest BCUT2D eigenvalue weighted by molar-refractivity contribution is 7.80. The Morgan fingerprint density at radius 1 is 1.21 bits per heavy atom. The summed E-state index contributed by atoms with van der Waals surface area (Å²) < 4.78 is 13.6. The molecule has 0 saturated heterocycles. The summed E-state index contributed by atoms with van der Waals surface area (Å²) in [5, 5.41) is 3.39. The molecule has 2 aromatic carbocycles. The molecule has 0 aliphatic rings. The van der Waals surface area contributed by atoms with E-state index in [0.717, 1.165) is 5.56 Å². The molecule has 98 valence electrons. The van der Waals surface area contributed by atoms with Gasteiger partial charge in [-0.3, -0.25) is 0 Å². The van der Waals surface area contributed by atoms with Crippen LogP contribution in [0.3, 0.4) is 0 Å². The smallest absolute Gasteiger partial charge is 0.146 e. The summed E-state index contributed by atoms with van der Waals surface area (Å²) >= 11 is 11.0. The van der Waals surface area contributed by atoms with E-state index >= 15 is 0 Å². The topological polar surface area (TPSA) is 38.0 Å². The van der Waals surface area contributed by atoms with Crippen LogP contribution in [0.4, 0.5) is 15.8 Å². The number of nitrogens with two attached hydrogens (primary N) is 1. The first-order valence-corrected chi connectivity index (χ1v) is 6.38. The van der Waals surface area contributed by atoms with Gasteiger partial charge >= 0.3 is 0 Å². The maximum absolute atomic E-state index is 13.6. The van der Waals surface area contributed by atoms with E-state index in [2.05, 4.69) is 5.32 Å². The zero-order valence-electron chi connectivity index (χ0n) is 10.2. The van der Waals surface area contributed by atoms with Gasteiger partial charge in [0.15, 0.2) is 0 Å². The average molecular weight is 295 g/mol. The van der Waals surface area contributed by atoms with Crippen molar-refractivity contribution in [3.05, 3.63) is 58.4 Å². The second-order valence-corrected chi connectivity index (χ2v) is 5.01. The van der Waals surface area contributed by atoms with Gasteiger partial charge in [0, 0.05) is 5.56 Å². The molecule has 2 rings (SSSR count). The number of halogens is 2. The van der Waals surface area contributed by atoms with Gasteiger partial charge in [0.05, 0.1) is 16.4 Å². The van der Waals surface area contributed by atoms with Crippen LogP contribution in [-0.4, -0.2) is 4.99 Å². The van der Waals surface area contributed by atoms with Gasteiger partial charge in [-0.2, -0.15) is 0 Å². The highest BCUT2D eigenvalue weighted by Gasteiger charge is 2.07. The molecule has 0 heterocycles. The Balaban J connectivity index is 2.33. The van der Waals surface area contributed by atoms with Crippen molar-refractivity contribution in [2.24, 2.45) is 5.73 Å². The van der Waals surface area contributed by atoms with Crippen LogP contribution in [0.25, 0.3) is 0 Å². The van der Waals surface area contributed by atoms with E-state index < -0.39 is 0 Å². The van der Waals surface area contributed by atoms with Gasteiger partial charge in [-0.1, -0.05) is 29.9 Å². The Morgan fingerprint density at radius 3 is 2.58 bits per heavy atom. The number of hydrogen-bond donors (Lipinski definition) is 2. The molecule has 0 unspecified atom stereocenters. The quantitative estimate of drug-likeness (QED) is 0.835. The maximum Gasteiger partial charge on any atom is 0.146 e. The Hall–Kier alpha value is -1.65. The van der Waals surface area contributed by atoms with Crippen molar-refractivity contribution in [3.8, 4) is 0 Å². The molecule has 0 aliphatic heterocycles. The number of rotatable bonds is 3. The predicted octanol–water partition coefficient (Wildman–Crippen LogP) is 4.17. The SMILES string of the molecule is Cc1ccc(F)c(Nc2ccc(C(N)=S)cc2Cl)c1. The molecule has 0 radical (unpaired) electrons. The number of benzene rings is 2. The number of hydrogen-bond acceptors (Lipinski definition) is 2. The van der Waals surface area contributed by atoms with Crippen molar-refractivity contribution in [3.63, 3.8) is 0 Å². The van der Waals surface area contributed by atoms with Gasteiger partial charge in [-0.15, -0.1) is 0 Å². The summed E-state index contributed by atoms with van der Waals surface area (Å²) in [6, 6.07) is 9.95. The standard InChI is InChI=1S/C14H12ClFN2S/c1-8-2-4-11(16)13(6-8)18-12-5-3-9(14(17)19)7-10(12)15/h2-7,18H,1H3,(H2,17,19). The van der Waals surface area contributed by atoms with Crippen molar-refractivity contribution in [2.75, 3.05) is 5.32 Å². The molecule has 2 aromatic rings. The lowest BCUT2D eigenvalue weighted by atomic mass is 10.2. The van der Waals surface area contributed by atoms with E-state index in [1.165, 1.54) is 6.07 Å². The fourth-order valence-corrected chi connectivity index (χ4v) is 2.00. The second kappa shape index (κ2) is 5.55. The molecular weight excluding hydrogens is 283 g/mol. The number of nitrogens with one attached hydrogen (secondary N) is 1. The van der Waals surface area contributed by atoms with Crippen LogP contribution >= 0.6 is 23.8 Å². The highest BCUT2D eigenvalue weighted by atomic mass is 35.5. The molecule has 0 aliphatic carbocycles. The second-order valence-electron chi connectivity index (χ2n) is 4.17. The summed E-state index contributed by atoms with van der Waals surface area (Å²) in [5.41, 5.74) is 8.14. The van der Waals surface area contributed by atoms with Crippen LogP contribution in [0.2, 0.25) is 5.02 Å². The molecule has 0 spiro atoms. The normalized spacial score (nSPS) is 10.3. The van der Waals surface area contributed by atoms with Crippen LogP contribution < -0.4 is 11.1 Å². The Kier molecular flexibility index (Phi) is 4.02. The number of aryl methyl sites for hydroxylation is 1. The zero-order chi connectivity index (χ0) is 14.0. The Labute approximate surface area is 121 Å². The molecule has 19 heavy (non-hydrogen) atoms. The maximum atomic E-state index is 13.6.